The molecule has 0 aromatic heterocycles. The van der Waals surface area contributed by atoms with Gasteiger partial charge in [0.2, 0.25) is 0 Å². The van der Waals surface area contributed by atoms with Crippen LogP contribution in [0, 0.1) is 46.8 Å². The van der Waals surface area contributed by atoms with E-state index in [1.165, 1.54) is 0 Å². The van der Waals surface area contributed by atoms with Gasteiger partial charge in [0.25, 0.3) is 0 Å². The first-order valence-corrected chi connectivity index (χ1v) is 11.5. The van der Waals surface area contributed by atoms with Crippen molar-refractivity contribution in [1.82, 2.24) is 0 Å². The van der Waals surface area contributed by atoms with Crippen LogP contribution in [0.25, 0.3) is 0 Å². The Balaban J connectivity index is 1.50. The number of fused-ring (bicyclic) bond motifs is 5. The molecule has 148 valence electrons. The highest BCUT2D eigenvalue weighted by atomic mass is 79.9. The van der Waals surface area contributed by atoms with Crippen LogP contribution < -0.4 is 0 Å². The van der Waals surface area contributed by atoms with Gasteiger partial charge in [0.05, 0.1) is 11.2 Å². The molecule has 0 saturated heterocycles. The van der Waals surface area contributed by atoms with Gasteiger partial charge in [-0.1, -0.05) is 22.9 Å². The quantitative estimate of drug-likeness (QED) is 0.459. The van der Waals surface area contributed by atoms with Crippen molar-refractivity contribution in [2.45, 2.75) is 70.9 Å². The van der Waals surface area contributed by atoms with Gasteiger partial charge >= 0.3 is 6.18 Å². The molecule has 0 spiro atoms. The molecule has 8 unspecified atom stereocenters. The number of carbonyl (C=O) groups is 1. The van der Waals surface area contributed by atoms with Crippen LogP contribution in [0.15, 0.2) is 0 Å². The Bertz CT molecular complexity index is 562. The fraction of sp³-hybridized carbons (Fsp3) is 0.952. The molecule has 4 aliphatic rings. The fourth-order valence-electron chi connectivity index (χ4n) is 7.77. The second-order valence-electron chi connectivity index (χ2n) is 9.76. The standard InChI is InChI=1S/C21H30BrF3O/c1-20-9-8-15-14-5-3-13(21(23,24)25)10-12(14)2-4-16(15)17(20)6-7-18(20)19(26)11-22/h12-18H,2-11H2,1H3. The minimum Gasteiger partial charge on any atom is -0.298 e. The Morgan fingerprint density at radius 2 is 1.73 bits per heavy atom. The van der Waals surface area contributed by atoms with Crippen molar-refractivity contribution in [3.05, 3.63) is 0 Å². The number of hydrogen-bond donors (Lipinski definition) is 0. The number of alkyl halides is 4. The molecule has 0 bridgehead atoms. The zero-order chi connectivity index (χ0) is 18.7. The molecule has 0 amide bonds. The monoisotopic (exact) mass is 434 g/mol. The highest BCUT2D eigenvalue weighted by molar-refractivity contribution is 9.09. The molecule has 8 atom stereocenters. The summed E-state index contributed by atoms with van der Waals surface area (Å²) in [6.07, 6.45) is 3.89. The molecule has 0 radical (unpaired) electrons. The lowest BCUT2D eigenvalue weighted by Crippen LogP contribution is -2.50. The summed E-state index contributed by atoms with van der Waals surface area (Å²) < 4.78 is 39.5. The van der Waals surface area contributed by atoms with E-state index in [0.29, 0.717) is 47.6 Å². The molecular formula is C21H30BrF3O. The van der Waals surface area contributed by atoms with Crippen LogP contribution in [-0.2, 0) is 4.79 Å². The van der Waals surface area contributed by atoms with E-state index < -0.39 is 12.1 Å². The van der Waals surface area contributed by atoms with E-state index >= 15 is 0 Å². The van der Waals surface area contributed by atoms with E-state index in [4.69, 9.17) is 0 Å². The molecule has 4 saturated carbocycles. The molecular weight excluding hydrogens is 405 g/mol. The summed E-state index contributed by atoms with van der Waals surface area (Å²) >= 11 is 3.36. The van der Waals surface area contributed by atoms with Crippen LogP contribution in [0.4, 0.5) is 13.2 Å². The third kappa shape index (κ3) is 2.99. The minimum absolute atomic E-state index is 0.127. The molecule has 4 fully saturated rings. The summed E-state index contributed by atoms with van der Waals surface area (Å²) in [4.78, 5) is 12.4. The Morgan fingerprint density at radius 3 is 2.42 bits per heavy atom. The van der Waals surface area contributed by atoms with Gasteiger partial charge in [-0.2, -0.15) is 13.2 Å². The first kappa shape index (κ1) is 19.3. The Kier molecular flexibility index (Phi) is 5.02. The van der Waals surface area contributed by atoms with Crippen molar-refractivity contribution in [3.63, 3.8) is 0 Å². The lowest BCUT2D eigenvalue weighted by atomic mass is 9.49. The van der Waals surface area contributed by atoms with E-state index in [1.54, 1.807) is 0 Å². The third-order valence-electron chi connectivity index (χ3n) is 8.94. The highest BCUT2D eigenvalue weighted by Crippen LogP contribution is 2.65. The first-order valence-electron chi connectivity index (χ1n) is 10.4. The average Bonchev–Trinajstić information content (AvgIpc) is 2.96. The second-order valence-corrected chi connectivity index (χ2v) is 10.3. The van der Waals surface area contributed by atoms with Crippen LogP contribution in [0.3, 0.4) is 0 Å². The number of rotatable bonds is 2. The molecule has 4 aliphatic carbocycles. The summed E-state index contributed by atoms with van der Waals surface area (Å²) in [5, 5.41) is 0.456. The van der Waals surface area contributed by atoms with Crippen LogP contribution >= 0.6 is 15.9 Å². The largest absolute Gasteiger partial charge is 0.391 e. The second kappa shape index (κ2) is 6.77. The van der Waals surface area contributed by atoms with Crippen molar-refractivity contribution in [3.8, 4) is 0 Å². The van der Waals surface area contributed by atoms with Gasteiger partial charge in [-0.15, -0.1) is 0 Å². The highest BCUT2D eigenvalue weighted by Gasteiger charge is 2.59. The number of hydrogen-bond acceptors (Lipinski definition) is 1. The van der Waals surface area contributed by atoms with Gasteiger partial charge in [0, 0.05) is 5.92 Å². The van der Waals surface area contributed by atoms with E-state index in [1.807, 2.05) is 0 Å². The topological polar surface area (TPSA) is 17.1 Å². The smallest absolute Gasteiger partial charge is 0.298 e. The van der Waals surface area contributed by atoms with Gasteiger partial charge < -0.3 is 0 Å². The van der Waals surface area contributed by atoms with Crippen LogP contribution in [-0.4, -0.2) is 17.3 Å². The number of carbonyl (C=O) groups excluding carboxylic acids is 1. The summed E-state index contributed by atoms with van der Waals surface area (Å²) in [6.45, 7) is 2.33. The van der Waals surface area contributed by atoms with Crippen molar-refractivity contribution < 1.29 is 18.0 Å². The van der Waals surface area contributed by atoms with Crippen LogP contribution in [0.5, 0.6) is 0 Å². The van der Waals surface area contributed by atoms with E-state index in [-0.39, 0.29) is 17.3 Å². The average molecular weight is 435 g/mol. The fourth-order valence-corrected chi connectivity index (χ4v) is 8.16. The molecule has 26 heavy (non-hydrogen) atoms. The maximum absolute atomic E-state index is 13.2. The zero-order valence-electron chi connectivity index (χ0n) is 15.5. The SMILES string of the molecule is CC12CCC3C4CCC(C(F)(F)F)CC4CCC3C1CCC2C(=O)CBr. The third-order valence-corrected chi connectivity index (χ3v) is 9.49. The van der Waals surface area contributed by atoms with E-state index in [0.717, 1.165) is 44.9 Å². The number of halogens is 4. The summed E-state index contributed by atoms with van der Waals surface area (Å²) in [5.41, 5.74) is 0.127. The summed E-state index contributed by atoms with van der Waals surface area (Å²) in [6, 6.07) is 0. The molecule has 0 aromatic rings. The molecule has 5 heteroatoms. The first-order chi connectivity index (χ1) is 12.3. The lowest BCUT2D eigenvalue weighted by Gasteiger charge is -2.56. The Morgan fingerprint density at radius 1 is 1.00 bits per heavy atom. The van der Waals surface area contributed by atoms with Gasteiger partial charge in [-0.05, 0) is 92.8 Å². The van der Waals surface area contributed by atoms with E-state index in [9.17, 15) is 18.0 Å². The van der Waals surface area contributed by atoms with Gasteiger partial charge in [0.1, 0.15) is 5.78 Å². The molecule has 1 nitrogen and oxygen atoms in total. The van der Waals surface area contributed by atoms with Gasteiger partial charge in [-0.25, -0.2) is 0 Å². The van der Waals surface area contributed by atoms with E-state index in [2.05, 4.69) is 22.9 Å². The molecule has 4 rings (SSSR count). The maximum Gasteiger partial charge on any atom is 0.391 e. The predicted octanol–water partition coefficient (Wildman–Crippen LogP) is 6.40. The zero-order valence-corrected chi connectivity index (χ0v) is 17.1. The normalized spacial score (nSPS) is 48.4. The van der Waals surface area contributed by atoms with Crippen LogP contribution in [0.1, 0.15) is 64.7 Å². The van der Waals surface area contributed by atoms with Crippen LogP contribution in [0.2, 0.25) is 0 Å². The maximum atomic E-state index is 13.2. The molecule has 0 aliphatic heterocycles. The Labute approximate surface area is 163 Å². The summed E-state index contributed by atoms with van der Waals surface area (Å²) in [7, 11) is 0. The number of ketones is 1. The van der Waals surface area contributed by atoms with Crippen molar-refractivity contribution in [2.24, 2.45) is 46.8 Å². The van der Waals surface area contributed by atoms with Crippen molar-refractivity contribution in [2.75, 3.05) is 5.33 Å². The van der Waals surface area contributed by atoms with Gasteiger partial charge in [0.15, 0.2) is 0 Å². The Hall–Kier alpha value is -0.0600. The minimum atomic E-state index is -4.01. The molecule has 0 aromatic carbocycles. The predicted molar refractivity (Wildman–Crippen MR) is 98.9 cm³/mol. The number of Topliss-reactive ketones (excluding diaryl/α,β-unsaturated/α-hetero) is 1. The molecule has 0 N–H and O–H groups in total. The van der Waals surface area contributed by atoms with Gasteiger partial charge in [-0.3, -0.25) is 4.79 Å². The summed E-state index contributed by atoms with van der Waals surface area (Å²) in [5.74, 6) is 2.12. The van der Waals surface area contributed by atoms with Crippen molar-refractivity contribution >= 4 is 21.7 Å². The van der Waals surface area contributed by atoms with Crippen molar-refractivity contribution in [1.29, 1.82) is 0 Å². The molecule has 0 heterocycles. The lowest BCUT2D eigenvalue weighted by molar-refractivity contribution is -0.196.